The second-order valence-electron chi connectivity index (χ2n) is 7.39. The van der Waals surface area contributed by atoms with E-state index >= 15 is 0 Å². The highest BCUT2D eigenvalue weighted by atomic mass is 19.1. The number of carbonyl (C=O) groups is 1. The number of hydrogen-bond donors (Lipinski definition) is 2. The summed E-state index contributed by atoms with van der Waals surface area (Å²) in [6.45, 7) is 6.80. The van der Waals surface area contributed by atoms with Crippen LogP contribution in [0.15, 0.2) is 46.0 Å². The number of benzene rings is 2. The zero-order chi connectivity index (χ0) is 20.6. The molecule has 1 aromatic heterocycles. The molecule has 0 unspecified atom stereocenters. The number of aryl methyl sites for hydroxylation is 1. The van der Waals surface area contributed by atoms with Crippen molar-refractivity contribution >= 4 is 22.7 Å². The molecular weight excluding hydrogens is 365 g/mol. The van der Waals surface area contributed by atoms with Gasteiger partial charge in [0.1, 0.15) is 11.4 Å². The van der Waals surface area contributed by atoms with Crippen LogP contribution in [0.5, 0.6) is 0 Å². The Kier molecular flexibility index (Phi) is 4.80. The number of H-pyrrole nitrogens is 1. The Morgan fingerprint density at radius 2 is 1.79 bits per heavy atom. The fourth-order valence-corrected chi connectivity index (χ4v) is 2.70. The monoisotopic (exact) mass is 385 g/mol. The minimum atomic E-state index is -0.642. The molecule has 0 spiro atoms. The summed E-state index contributed by atoms with van der Waals surface area (Å²) in [5.41, 5.74) is -0.592. The maximum absolute atomic E-state index is 13.9. The van der Waals surface area contributed by atoms with Gasteiger partial charge in [-0.15, -0.1) is 0 Å². The van der Waals surface area contributed by atoms with Crippen LogP contribution in [0.4, 0.5) is 14.9 Å². The van der Waals surface area contributed by atoms with Gasteiger partial charge in [-0.1, -0.05) is 0 Å². The number of halogens is 1. The molecular formula is C20H20FN3O4. The molecule has 28 heavy (non-hydrogen) atoms. The summed E-state index contributed by atoms with van der Waals surface area (Å²) in [7, 11) is 0. The number of ether oxygens (including phenoxy) is 1. The van der Waals surface area contributed by atoms with Crippen LogP contribution in [0.25, 0.3) is 16.6 Å². The summed E-state index contributed by atoms with van der Waals surface area (Å²) in [4.78, 5) is 39.5. The number of carbonyl (C=O) groups excluding carboxylic acids is 1. The first-order valence-corrected chi connectivity index (χ1v) is 8.61. The van der Waals surface area contributed by atoms with Crippen LogP contribution < -0.4 is 16.6 Å². The standard InChI is InChI=1S/C20H20FN3O4/c1-11-9-16-14(10-15(11)21)17(25)24(18(26)23-16)13-7-5-12(6-8-13)22-19(27)28-20(2,3)4/h5-10H,1-4H3,(H,22,27)(H,23,26). The highest BCUT2D eigenvalue weighted by molar-refractivity contribution is 5.85. The average Bonchev–Trinajstić information content (AvgIpc) is 2.57. The van der Waals surface area contributed by atoms with Crippen LogP contribution in [0, 0.1) is 12.7 Å². The number of nitrogens with one attached hydrogen (secondary N) is 2. The van der Waals surface area contributed by atoms with Crippen molar-refractivity contribution in [2.45, 2.75) is 33.3 Å². The summed E-state index contributed by atoms with van der Waals surface area (Å²) in [5, 5.41) is 2.63. The van der Waals surface area contributed by atoms with Gasteiger partial charge in [0.25, 0.3) is 5.56 Å². The Bertz CT molecular complexity index is 1170. The van der Waals surface area contributed by atoms with Crippen molar-refractivity contribution in [2.75, 3.05) is 5.32 Å². The summed E-state index contributed by atoms with van der Waals surface area (Å²) >= 11 is 0. The molecule has 0 atom stereocenters. The third-order valence-corrected chi connectivity index (χ3v) is 3.95. The van der Waals surface area contributed by atoms with Crippen LogP contribution in [0.2, 0.25) is 0 Å². The molecule has 3 rings (SSSR count). The third-order valence-electron chi connectivity index (χ3n) is 3.95. The molecule has 0 saturated carbocycles. The molecule has 3 aromatic rings. The summed E-state index contributed by atoms with van der Waals surface area (Å²) in [5.74, 6) is -0.528. The van der Waals surface area contributed by atoms with Crippen molar-refractivity contribution in [3.8, 4) is 5.69 Å². The smallest absolute Gasteiger partial charge is 0.412 e. The van der Waals surface area contributed by atoms with Gasteiger partial charge in [-0.25, -0.2) is 18.5 Å². The number of nitrogens with zero attached hydrogens (tertiary/aromatic N) is 1. The fraction of sp³-hybridized carbons (Fsp3) is 0.250. The predicted molar refractivity (Wildman–Crippen MR) is 105 cm³/mol. The van der Waals surface area contributed by atoms with Crippen LogP contribution in [0.1, 0.15) is 26.3 Å². The van der Waals surface area contributed by atoms with Gasteiger partial charge in [-0.2, -0.15) is 0 Å². The predicted octanol–water partition coefficient (Wildman–Crippen LogP) is 3.47. The van der Waals surface area contributed by atoms with E-state index in [2.05, 4.69) is 10.3 Å². The molecule has 1 heterocycles. The molecule has 0 fully saturated rings. The maximum Gasteiger partial charge on any atom is 0.412 e. The van der Waals surface area contributed by atoms with Gasteiger partial charge in [0.2, 0.25) is 0 Å². The third kappa shape index (κ3) is 3.95. The first-order valence-electron chi connectivity index (χ1n) is 8.61. The molecule has 2 aromatic carbocycles. The van der Waals surface area contributed by atoms with Gasteiger partial charge >= 0.3 is 11.8 Å². The Balaban J connectivity index is 1.97. The Morgan fingerprint density at radius 3 is 2.39 bits per heavy atom. The van der Waals surface area contributed by atoms with Crippen LogP contribution >= 0.6 is 0 Å². The molecule has 0 saturated heterocycles. The van der Waals surface area contributed by atoms with E-state index in [1.165, 1.54) is 30.3 Å². The van der Waals surface area contributed by atoms with E-state index in [0.29, 0.717) is 11.3 Å². The molecule has 0 bridgehead atoms. The number of fused-ring (bicyclic) bond motifs is 1. The lowest BCUT2D eigenvalue weighted by molar-refractivity contribution is 0.0636. The van der Waals surface area contributed by atoms with Crippen LogP contribution in [-0.2, 0) is 4.74 Å². The van der Waals surface area contributed by atoms with Crippen molar-refractivity contribution in [1.82, 2.24) is 9.55 Å². The maximum atomic E-state index is 13.9. The van der Waals surface area contributed by atoms with Crippen molar-refractivity contribution in [3.63, 3.8) is 0 Å². The minimum absolute atomic E-state index is 0.0682. The number of anilines is 1. The number of amides is 1. The lowest BCUT2D eigenvalue weighted by Crippen LogP contribution is -2.33. The first kappa shape index (κ1) is 19.3. The molecule has 7 nitrogen and oxygen atoms in total. The van der Waals surface area contributed by atoms with E-state index in [1.807, 2.05) is 0 Å². The Labute approximate surface area is 159 Å². The molecule has 0 aliphatic rings. The Hall–Kier alpha value is -3.42. The SMILES string of the molecule is Cc1cc2[nH]c(=O)n(-c3ccc(NC(=O)OC(C)(C)C)cc3)c(=O)c2cc1F. The number of rotatable bonds is 2. The van der Waals surface area contributed by atoms with Gasteiger partial charge in [-0.05, 0) is 69.7 Å². The normalized spacial score (nSPS) is 11.5. The zero-order valence-corrected chi connectivity index (χ0v) is 15.9. The summed E-state index contributed by atoms with van der Waals surface area (Å²) in [6.07, 6.45) is -0.619. The van der Waals surface area contributed by atoms with Gasteiger partial charge in [0.05, 0.1) is 16.6 Å². The van der Waals surface area contributed by atoms with E-state index in [1.54, 1.807) is 27.7 Å². The van der Waals surface area contributed by atoms with Crippen molar-refractivity contribution in [1.29, 1.82) is 0 Å². The topological polar surface area (TPSA) is 93.2 Å². The van der Waals surface area contributed by atoms with E-state index in [9.17, 15) is 18.8 Å². The number of aromatic amines is 1. The quantitative estimate of drug-likeness (QED) is 0.706. The molecule has 2 N–H and O–H groups in total. The number of aromatic nitrogens is 2. The molecule has 0 aliphatic heterocycles. The van der Waals surface area contributed by atoms with E-state index in [4.69, 9.17) is 4.74 Å². The lowest BCUT2D eigenvalue weighted by atomic mass is 10.1. The minimum Gasteiger partial charge on any atom is -0.444 e. The van der Waals surface area contributed by atoms with Gasteiger partial charge in [0, 0.05) is 5.69 Å². The molecule has 0 aliphatic carbocycles. The zero-order valence-electron chi connectivity index (χ0n) is 15.9. The van der Waals surface area contributed by atoms with Crippen LogP contribution in [-0.4, -0.2) is 21.2 Å². The van der Waals surface area contributed by atoms with Gasteiger partial charge < -0.3 is 9.72 Å². The van der Waals surface area contributed by atoms with Crippen LogP contribution in [0.3, 0.4) is 0 Å². The second kappa shape index (κ2) is 6.95. The first-order chi connectivity index (χ1) is 13.0. The molecule has 0 radical (unpaired) electrons. The summed E-state index contributed by atoms with van der Waals surface area (Å²) < 4.78 is 19.9. The molecule has 8 heteroatoms. The summed E-state index contributed by atoms with van der Waals surface area (Å²) in [6, 6.07) is 8.60. The van der Waals surface area contributed by atoms with E-state index < -0.39 is 28.8 Å². The van der Waals surface area contributed by atoms with Crippen molar-refractivity contribution in [2.24, 2.45) is 0 Å². The van der Waals surface area contributed by atoms with Crippen molar-refractivity contribution in [3.05, 3.63) is 68.6 Å². The Morgan fingerprint density at radius 1 is 1.14 bits per heavy atom. The van der Waals surface area contributed by atoms with E-state index in [0.717, 1.165) is 10.6 Å². The number of hydrogen-bond acceptors (Lipinski definition) is 4. The highest BCUT2D eigenvalue weighted by Crippen LogP contribution is 2.16. The second-order valence-corrected chi connectivity index (χ2v) is 7.39. The fourth-order valence-electron chi connectivity index (χ4n) is 2.70. The molecule has 1 amide bonds. The van der Waals surface area contributed by atoms with Gasteiger partial charge in [-0.3, -0.25) is 10.1 Å². The van der Waals surface area contributed by atoms with Crippen molar-refractivity contribution < 1.29 is 13.9 Å². The lowest BCUT2D eigenvalue weighted by Gasteiger charge is -2.19. The highest BCUT2D eigenvalue weighted by Gasteiger charge is 2.16. The largest absolute Gasteiger partial charge is 0.444 e. The van der Waals surface area contributed by atoms with E-state index in [-0.39, 0.29) is 16.6 Å². The molecule has 146 valence electrons. The average molecular weight is 385 g/mol. The van der Waals surface area contributed by atoms with Gasteiger partial charge in [0.15, 0.2) is 0 Å².